The van der Waals surface area contributed by atoms with Crippen LogP contribution in [0.2, 0.25) is 0 Å². The summed E-state index contributed by atoms with van der Waals surface area (Å²) in [6.45, 7) is 2.92. The number of aromatic nitrogens is 1. The highest BCUT2D eigenvalue weighted by molar-refractivity contribution is 5.95. The zero-order valence-electron chi connectivity index (χ0n) is 12.1. The Labute approximate surface area is 120 Å². The van der Waals surface area contributed by atoms with Crippen LogP contribution in [0.1, 0.15) is 55.1 Å². The SMILES string of the molecule is CCCc1cc(C(=O)NCC2(C3CC3)CC2)cc(N)n1. The summed E-state index contributed by atoms with van der Waals surface area (Å²) in [5, 5.41) is 3.10. The van der Waals surface area contributed by atoms with Crippen molar-refractivity contribution in [2.45, 2.75) is 45.4 Å². The Kier molecular flexibility index (Phi) is 3.40. The minimum absolute atomic E-state index is 0.0108. The predicted octanol–water partition coefficient (Wildman–Crippen LogP) is 2.54. The maximum atomic E-state index is 12.3. The summed E-state index contributed by atoms with van der Waals surface area (Å²) in [5.41, 5.74) is 7.77. The van der Waals surface area contributed by atoms with E-state index in [0.29, 0.717) is 16.8 Å². The second-order valence-corrected chi connectivity index (χ2v) is 6.34. The normalized spacial score (nSPS) is 19.6. The Hall–Kier alpha value is -1.58. The van der Waals surface area contributed by atoms with Gasteiger partial charge in [0.15, 0.2) is 0 Å². The highest BCUT2D eigenvalue weighted by atomic mass is 16.1. The van der Waals surface area contributed by atoms with Crippen LogP contribution in [0, 0.1) is 11.3 Å². The molecule has 1 heterocycles. The smallest absolute Gasteiger partial charge is 0.251 e. The van der Waals surface area contributed by atoms with Gasteiger partial charge in [-0.25, -0.2) is 4.98 Å². The lowest BCUT2D eigenvalue weighted by atomic mass is 10.0. The molecule has 2 aliphatic carbocycles. The molecular weight excluding hydrogens is 250 g/mol. The number of hydrogen-bond donors (Lipinski definition) is 2. The first-order valence-electron chi connectivity index (χ1n) is 7.67. The van der Waals surface area contributed by atoms with Crippen LogP contribution in [-0.2, 0) is 6.42 Å². The van der Waals surface area contributed by atoms with Crippen LogP contribution in [0.15, 0.2) is 12.1 Å². The Balaban J connectivity index is 1.64. The molecule has 108 valence electrons. The number of hydrogen-bond acceptors (Lipinski definition) is 3. The number of nitrogens with zero attached hydrogens (tertiary/aromatic N) is 1. The number of rotatable bonds is 6. The van der Waals surface area contributed by atoms with Crippen molar-refractivity contribution < 1.29 is 4.79 Å². The fraction of sp³-hybridized carbons (Fsp3) is 0.625. The monoisotopic (exact) mass is 273 g/mol. The standard InChI is InChI=1S/C16H23N3O/c1-2-3-13-8-11(9-14(17)19-13)15(20)18-10-16(6-7-16)12-4-5-12/h8-9,12H,2-7,10H2,1H3,(H2,17,19)(H,18,20). The largest absolute Gasteiger partial charge is 0.384 e. The van der Waals surface area contributed by atoms with Crippen molar-refractivity contribution in [3.63, 3.8) is 0 Å². The highest BCUT2D eigenvalue weighted by Gasteiger charge is 2.53. The molecule has 2 saturated carbocycles. The second-order valence-electron chi connectivity index (χ2n) is 6.34. The van der Waals surface area contributed by atoms with Crippen LogP contribution < -0.4 is 11.1 Å². The number of pyridine rings is 1. The molecule has 3 N–H and O–H groups in total. The first kappa shape index (κ1) is 13.4. The van der Waals surface area contributed by atoms with Gasteiger partial charge in [-0.05, 0) is 55.6 Å². The molecule has 2 aliphatic rings. The number of aryl methyl sites for hydroxylation is 1. The number of amides is 1. The molecule has 0 unspecified atom stereocenters. The van der Waals surface area contributed by atoms with Crippen molar-refractivity contribution in [3.05, 3.63) is 23.4 Å². The van der Waals surface area contributed by atoms with Gasteiger partial charge in [0, 0.05) is 17.8 Å². The summed E-state index contributed by atoms with van der Waals surface area (Å²) in [6.07, 6.45) is 7.10. The average Bonchev–Trinajstić information content (AvgIpc) is 3.27. The summed E-state index contributed by atoms with van der Waals surface area (Å²) in [7, 11) is 0. The van der Waals surface area contributed by atoms with Gasteiger partial charge < -0.3 is 11.1 Å². The Morgan fingerprint density at radius 1 is 1.45 bits per heavy atom. The molecular formula is C16H23N3O. The zero-order valence-corrected chi connectivity index (χ0v) is 12.1. The van der Waals surface area contributed by atoms with Crippen molar-refractivity contribution in [1.82, 2.24) is 10.3 Å². The van der Waals surface area contributed by atoms with Crippen molar-refractivity contribution >= 4 is 11.7 Å². The van der Waals surface area contributed by atoms with Gasteiger partial charge in [-0.3, -0.25) is 4.79 Å². The summed E-state index contributed by atoms with van der Waals surface area (Å²) < 4.78 is 0. The Morgan fingerprint density at radius 2 is 2.20 bits per heavy atom. The van der Waals surface area contributed by atoms with Crippen LogP contribution in [0.5, 0.6) is 0 Å². The number of carbonyl (C=O) groups excluding carboxylic acids is 1. The van der Waals surface area contributed by atoms with E-state index in [2.05, 4.69) is 17.2 Å². The van der Waals surface area contributed by atoms with E-state index in [1.165, 1.54) is 25.7 Å². The molecule has 1 aromatic heterocycles. The van der Waals surface area contributed by atoms with E-state index in [9.17, 15) is 4.79 Å². The number of anilines is 1. The van der Waals surface area contributed by atoms with E-state index in [-0.39, 0.29) is 5.91 Å². The van der Waals surface area contributed by atoms with Gasteiger partial charge in [0.05, 0.1) is 0 Å². The fourth-order valence-corrected chi connectivity index (χ4v) is 3.07. The van der Waals surface area contributed by atoms with Gasteiger partial charge >= 0.3 is 0 Å². The predicted molar refractivity (Wildman–Crippen MR) is 79.4 cm³/mol. The quantitative estimate of drug-likeness (QED) is 0.837. The number of nitrogens with two attached hydrogens (primary N) is 1. The molecule has 0 spiro atoms. The van der Waals surface area contributed by atoms with E-state index in [1.807, 2.05) is 6.07 Å². The van der Waals surface area contributed by atoms with E-state index in [1.54, 1.807) is 6.07 Å². The Morgan fingerprint density at radius 3 is 2.80 bits per heavy atom. The third-order valence-electron chi connectivity index (χ3n) is 4.60. The summed E-state index contributed by atoms with van der Waals surface area (Å²) >= 11 is 0. The van der Waals surface area contributed by atoms with Crippen molar-refractivity contribution in [3.8, 4) is 0 Å². The van der Waals surface area contributed by atoms with Gasteiger partial charge in [0.25, 0.3) is 5.91 Å². The molecule has 0 radical (unpaired) electrons. The number of nitrogens with one attached hydrogen (secondary N) is 1. The van der Waals surface area contributed by atoms with E-state index in [0.717, 1.165) is 31.0 Å². The van der Waals surface area contributed by atoms with Gasteiger partial charge in [-0.15, -0.1) is 0 Å². The zero-order chi connectivity index (χ0) is 14.2. The van der Waals surface area contributed by atoms with E-state index < -0.39 is 0 Å². The molecule has 0 bridgehead atoms. The maximum Gasteiger partial charge on any atom is 0.251 e. The Bertz CT molecular complexity index is 518. The summed E-state index contributed by atoms with van der Waals surface area (Å²) in [5.74, 6) is 1.29. The molecule has 3 rings (SSSR count). The first-order valence-corrected chi connectivity index (χ1v) is 7.67. The fourth-order valence-electron chi connectivity index (χ4n) is 3.07. The summed E-state index contributed by atoms with van der Waals surface area (Å²) in [4.78, 5) is 16.5. The van der Waals surface area contributed by atoms with Crippen molar-refractivity contribution in [2.75, 3.05) is 12.3 Å². The highest BCUT2D eigenvalue weighted by Crippen LogP contribution is 2.60. The lowest BCUT2D eigenvalue weighted by molar-refractivity contribution is 0.0942. The first-order chi connectivity index (χ1) is 9.63. The lowest BCUT2D eigenvalue weighted by Crippen LogP contribution is -2.31. The van der Waals surface area contributed by atoms with Crippen LogP contribution >= 0.6 is 0 Å². The van der Waals surface area contributed by atoms with Crippen molar-refractivity contribution in [2.24, 2.45) is 11.3 Å². The second kappa shape index (κ2) is 5.08. The van der Waals surface area contributed by atoms with Crippen molar-refractivity contribution in [1.29, 1.82) is 0 Å². The lowest BCUT2D eigenvalue weighted by Gasteiger charge is -2.15. The van der Waals surface area contributed by atoms with Gasteiger partial charge in [-0.1, -0.05) is 13.3 Å². The molecule has 0 aromatic carbocycles. The third kappa shape index (κ3) is 2.79. The van der Waals surface area contributed by atoms with Crippen LogP contribution in [0.4, 0.5) is 5.82 Å². The minimum Gasteiger partial charge on any atom is -0.384 e. The summed E-state index contributed by atoms with van der Waals surface area (Å²) in [6, 6.07) is 3.54. The molecule has 1 aromatic rings. The molecule has 0 atom stereocenters. The molecule has 0 aliphatic heterocycles. The molecule has 1 amide bonds. The average molecular weight is 273 g/mol. The van der Waals surface area contributed by atoms with Gasteiger partial charge in [0.2, 0.25) is 0 Å². The van der Waals surface area contributed by atoms with Crippen LogP contribution in [-0.4, -0.2) is 17.4 Å². The molecule has 2 fully saturated rings. The molecule has 4 nitrogen and oxygen atoms in total. The molecule has 20 heavy (non-hydrogen) atoms. The molecule has 4 heteroatoms. The van der Waals surface area contributed by atoms with Crippen LogP contribution in [0.3, 0.4) is 0 Å². The van der Waals surface area contributed by atoms with Gasteiger partial charge in [0.1, 0.15) is 5.82 Å². The minimum atomic E-state index is -0.0108. The maximum absolute atomic E-state index is 12.3. The van der Waals surface area contributed by atoms with E-state index in [4.69, 9.17) is 5.73 Å². The molecule has 0 saturated heterocycles. The number of carbonyl (C=O) groups is 1. The van der Waals surface area contributed by atoms with Crippen LogP contribution in [0.25, 0.3) is 0 Å². The topological polar surface area (TPSA) is 68.0 Å². The van der Waals surface area contributed by atoms with E-state index >= 15 is 0 Å². The van der Waals surface area contributed by atoms with Gasteiger partial charge in [-0.2, -0.15) is 0 Å². The number of nitrogen functional groups attached to an aromatic ring is 1. The third-order valence-corrected chi connectivity index (χ3v) is 4.60.